The Hall–Kier alpha value is -1.82. The fourth-order valence-corrected chi connectivity index (χ4v) is 2.09. The minimum atomic E-state index is -0.455. The summed E-state index contributed by atoms with van der Waals surface area (Å²) in [7, 11) is 1.49. The van der Waals surface area contributed by atoms with Crippen molar-refractivity contribution in [3.63, 3.8) is 0 Å². The van der Waals surface area contributed by atoms with Gasteiger partial charge in [0, 0.05) is 11.0 Å². The molecule has 0 unspecified atom stereocenters. The van der Waals surface area contributed by atoms with Gasteiger partial charge < -0.3 is 14.4 Å². The van der Waals surface area contributed by atoms with Crippen molar-refractivity contribution in [1.29, 1.82) is 0 Å². The molecule has 0 radical (unpaired) electrons. The zero-order valence-corrected chi connectivity index (χ0v) is 13.7. The highest BCUT2D eigenvalue weighted by molar-refractivity contribution is 9.10. The number of ether oxygens (including phenoxy) is 2. The Morgan fingerprint density at radius 2 is 2.14 bits per heavy atom. The standard InChI is InChI=1S/C15H18BrNO4/c1-4-8-17(10-14(18)21-5-2)15(19)12-7-6-11(16)9-13(12)20-3/h4,6-7,9H,1,5,8,10H2,2-3H3. The minimum Gasteiger partial charge on any atom is -0.496 e. The van der Waals surface area contributed by atoms with Gasteiger partial charge in [0.15, 0.2) is 0 Å². The van der Waals surface area contributed by atoms with E-state index in [1.54, 1.807) is 31.2 Å². The Kier molecular flexibility index (Phi) is 6.94. The molecule has 114 valence electrons. The van der Waals surface area contributed by atoms with E-state index in [9.17, 15) is 9.59 Å². The number of hydrogen-bond acceptors (Lipinski definition) is 4. The molecule has 0 aliphatic rings. The molecule has 0 bridgehead atoms. The van der Waals surface area contributed by atoms with E-state index >= 15 is 0 Å². The van der Waals surface area contributed by atoms with E-state index in [2.05, 4.69) is 22.5 Å². The number of carbonyl (C=O) groups excluding carboxylic acids is 2. The van der Waals surface area contributed by atoms with E-state index in [-0.39, 0.29) is 25.6 Å². The molecular formula is C15H18BrNO4. The van der Waals surface area contributed by atoms with Crippen molar-refractivity contribution >= 4 is 27.8 Å². The first-order valence-corrected chi connectivity index (χ1v) is 7.22. The van der Waals surface area contributed by atoms with Crippen LogP contribution in [0.5, 0.6) is 5.75 Å². The number of methoxy groups -OCH3 is 1. The third-order valence-corrected chi connectivity index (χ3v) is 3.15. The van der Waals surface area contributed by atoms with Gasteiger partial charge in [-0.2, -0.15) is 0 Å². The molecule has 0 fully saturated rings. The summed E-state index contributed by atoms with van der Waals surface area (Å²) in [5, 5.41) is 0. The van der Waals surface area contributed by atoms with Crippen LogP contribution in [0.4, 0.5) is 0 Å². The molecule has 0 heterocycles. The lowest BCUT2D eigenvalue weighted by atomic mass is 10.1. The molecule has 21 heavy (non-hydrogen) atoms. The van der Waals surface area contributed by atoms with Crippen molar-refractivity contribution < 1.29 is 19.1 Å². The molecule has 1 aromatic rings. The van der Waals surface area contributed by atoms with Crippen LogP contribution in [0.3, 0.4) is 0 Å². The first-order chi connectivity index (χ1) is 10.0. The van der Waals surface area contributed by atoms with Crippen LogP contribution < -0.4 is 4.74 Å². The molecule has 5 nitrogen and oxygen atoms in total. The fraction of sp³-hybridized carbons (Fsp3) is 0.333. The number of esters is 1. The van der Waals surface area contributed by atoms with Crippen molar-refractivity contribution in [2.75, 3.05) is 26.8 Å². The number of halogens is 1. The van der Waals surface area contributed by atoms with Crippen LogP contribution in [0.25, 0.3) is 0 Å². The number of amides is 1. The molecule has 1 aromatic carbocycles. The average Bonchev–Trinajstić information content (AvgIpc) is 2.46. The van der Waals surface area contributed by atoms with E-state index in [0.717, 1.165) is 4.47 Å². The van der Waals surface area contributed by atoms with Gasteiger partial charge in [0.1, 0.15) is 12.3 Å². The van der Waals surface area contributed by atoms with E-state index < -0.39 is 5.97 Å². The van der Waals surface area contributed by atoms with Gasteiger partial charge >= 0.3 is 5.97 Å². The predicted octanol–water partition coefficient (Wildman–Crippen LogP) is 2.65. The summed E-state index contributed by atoms with van der Waals surface area (Å²) >= 11 is 3.32. The molecule has 0 N–H and O–H groups in total. The number of nitrogens with zero attached hydrogens (tertiary/aromatic N) is 1. The quantitative estimate of drug-likeness (QED) is 0.557. The molecule has 0 aromatic heterocycles. The Morgan fingerprint density at radius 3 is 2.71 bits per heavy atom. The third kappa shape index (κ3) is 4.90. The van der Waals surface area contributed by atoms with Gasteiger partial charge in [0.05, 0.1) is 19.3 Å². The summed E-state index contributed by atoms with van der Waals surface area (Å²) in [4.78, 5) is 25.5. The second-order valence-electron chi connectivity index (χ2n) is 4.12. The largest absolute Gasteiger partial charge is 0.496 e. The lowest BCUT2D eigenvalue weighted by Gasteiger charge is -2.21. The number of hydrogen-bond donors (Lipinski definition) is 0. The summed E-state index contributed by atoms with van der Waals surface area (Å²) in [6, 6.07) is 5.09. The van der Waals surface area contributed by atoms with E-state index in [4.69, 9.17) is 9.47 Å². The lowest BCUT2D eigenvalue weighted by molar-refractivity contribution is -0.143. The lowest BCUT2D eigenvalue weighted by Crippen LogP contribution is -2.36. The molecule has 0 aliphatic carbocycles. The van der Waals surface area contributed by atoms with Crippen LogP contribution in [-0.2, 0) is 9.53 Å². The van der Waals surface area contributed by atoms with Gasteiger partial charge in [-0.15, -0.1) is 6.58 Å². The molecular weight excluding hydrogens is 338 g/mol. The third-order valence-electron chi connectivity index (χ3n) is 2.66. The molecule has 0 atom stereocenters. The van der Waals surface area contributed by atoms with Crippen LogP contribution in [0, 0.1) is 0 Å². The first-order valence-electron chi connectivity index (χ1n) is 6.42. The van der Waals surface area contributed by atoms with Crippen molar-refractivity contribution in [2.45, 2.75) is 6.92 Å². The molecule has 1 rings (SSSR count). The van der Waals surface area contributed by atoms with Gasteiger partial charge in [-0.05, 0) is 25.1 Å². The zero-order chi connectivity index (χ0) is 15.8. The molecule has 6 heteroatoms. The summed E-state index contributed by atoms with van der Waals surface area (Å²) in [6.45, 7) is 5.71. The van der Waals surface area contributed by atoms with E-state index in [1.807, 2.05) is 0 Å². The van der Waals surface area contributed by atoms with Crippen LogP contribution in [0.1, 0.15) is 17.3 Å². The second kappa shape index (κ2) is 8.46. The number of carbonyl (C=O) groups is 2. The van der Waals surface area contributed by atoms with Crippen LogP contribution in [0.15, 0.2) is 35.3 Å². The Bertz CT molecular complexity index is 530. The smallest absolute Gasteiger partial charge is 0.325 e. The van der Waals surface area contributed by atoms with Crippen LogP contribution in [0.2, 0.25) is 0 Å². The average molecular weight is 356 g/mol. The highest BCUT2D eigenvalue weighted by Gasteiger charge is 2.21. The summed E-state index contributed by atoms with van der Waals surface area (Å²) < 4.78 is 10.9. The SMILES string of the molecule is C=CCN(CC(=O)OCC)C(=O)c1ccc(Br)cc1OC. The normalized spacial score (nSPS) is 9.86. The maximum atomic E-state index is 12.5. The predicted molar refractivity (Wildman–Crippen MR) is 83.4 cm³/mol. The van der Waals surface area contributed by atoms with Crippen LogP contribution in [-0.4, -0.2) is 43.6 Å². The van der Waals surface area contributed by atoms with Gasteiger partial charge in [0.2, 0.25) is 0 Å². The van der Waals surface area contributed by atoms with Crippen molar-refractivity contribution in [1.82, 2.24) is 4.90 Å². The highest BCUT2D eigenvalue weighted by atomic mass is 79.9. The molecule has 0 aliphatic heterocycles. The minimum absolute atomic E-state index is 0.127. The monoisotopic (exact) mass is 355 g/mol. The Balaban J connectivity index is 3.00. The second-order valence-corrected chi connectivity index (χ2v) is 5.04. The zero-order valence-electron chi connectivity index (χ0n) is 12.1. The van der Waals surface area contributed by atoms with E-state index in [0.29, 0.717) is 11.3 Å². The summed E-state index contributed by atoms with van der Waals surface area (Å²) in [5.41, 5.74) is 0.381. The van der Waals surface area contributed by atoms with Gasteiger partial charge in [-0.25, -0.2) is 0 Å². The maximum Gasteiger partial charge on any atom is 0.325 e. The van der Waals surface area contributed by atoms with E-state index in [1.165, 1.54) is 12.0 Å². The van der Waals surface area contributed by atoms with Gasteiger partial charge in [0.25, 0.3) is 5.91 Å². The summed E-state index contributed by atoms with van der Waals surface area (Å²) in [5.74, 6) is -0.330. The number of benzene rings is 1. The van der Waals surface area contributed by atoms with Crippen LogP contribution >= 0.6 is 15.9 Å². The maximum absolute atomic E-state index is 12.5. The van der Waals surface area contributed by atoms with Crippen molar-refractivity contribution in [3.8, 4) is 5.75 Å². The number of rotatable bonds is 7. The Labute approximate surface area is 132 Å². The van der Waals surface area contributed by atoms with Gasteiger partial charge in [-0.3, -0.25) is 9.59 Å². The van der Waals surface area contributed by atoms with Gasteiger partial charge in [-0.1, -0.05) is 22.0 Å². The highest BCUT2D eigenvalue weighted by Crippen LogP contribution is 2.24. The fourth-order valence-electron chi connectivity index (χ4n) is 1.75. The topological polar surface area (TPSA) is 55.8 Å². The molecule has 1 amide bonds. The Morgan fingerprint density at radius 1 is 1.43 bits per heavy atom. The van der Waals surface area contributed by atoms with Crippen molar-refractivity contribution in [2.24, 2.45) is 0 Å². The van der Waals surface area contributed by atoms with Crippen molar-refractivity contribution in [3.05, 3.63) is 40.9 Å². The first kappa shape index (κ1) is 17.2. The summed E-state index contributed by atoms with van der Waals surface area (Å²) in [6.07, 6.45) is 1.56. The molecule has 0 spiro atoms. The molecule has 0 saturated carbocycles. The molecule has 0 saturated heterocycles.